The molecule has 1 aromatic heterocycles. The van der Waals surface area contributed by atoms with E-state index in [9.17, 15) is 4.79 Å². The molecule has 3 atom stereocenters. The molecular weight excluding hydrogens is 266 g/mol. The molecule has 1 saturated heterocycles. The van der Waals surface area contributed by atoms with Crippen LogP contribution in [0, 0.1) is 11.3 Å². The van der Waals surface area contributed by atoms with Gasteiger partial charge in [-0.3, -0.25) is 0 Å². The van der Waals surface area contributed by atoms with Crippen LogP contribution >= 0.6 is 0 Å². The van der Waals surface area contributed by atoms with Crippen molar-refractivity contribution in [2.45, 2.75) is 38.8 Å². The van der Waals surface area contributed by atoms with Crippen LogP contribution in [-0.4, -0.2) is 28.7 Å². The molecule has 1 saturated carbocycles. The molecule has 3 N–H and O–H groups in total. The van der Waals surface area contributed by atoms with Crippen LogP contribution in [0.25, 0.3) is 11.0 Å². The standard InChI is InChI=1S/C16H21N3O2/c1-16(2)13(10-4-3-7-21-14(10)16)17-9-5-6-11-12(8-9)19-15(20)18-11/h5-6,8,10,13-14,17H,3-4,7H2,1-2H3,(H2,18,19,20). The van der Waals surface area contributed by atoms with Crippen molar-refractivity contribution in [3.8, 4) is 0 Å². The summed E-state index contributed by atoms with van der Waals surface area (Å²) in [6.45, 7) is 5.44. The zero-order valence-electron chi connectivity index (χ0n) is 12.4. The summed E-state index contributed by atoms with van der Waals surface area (Å²) >= 11 is 0. The van der Waals surface area contributed by atoms with Gasteiger partial charge in [-0.05, 0) is 31.0 Å². The van der Waals surface area contributed by atoms with Crippen molar-refractivity contribution in [3.05, 3.63) is 28.7 Å². The molecule has 2 fully saturated rings. The second-order valence-electron chi connectivity index (χ2n) is 6.88. The number of benzene rings is 1. The number of hydrogen-bond donors (Lipinski definition) is 3. The van der Waals surface area contributed by atoms with E-state index in [1.165, 1.54) is 6.42 Å². The van der Waals surface area contributed by atoms with E-state index in [2.05, 4.69) is 29.1 Å². The first-order chi connectivity index (χ1) is 10.1. The van der Waals surface area contributed by atoms with Gasteiger partial charge in [0.2, 0.25) is 0 Å². The third-order valence-corrected chi connectivity index (χ3v) is 5.17. The third-order valence-electron chi connectivity index (χ3n) is 5.17. The summed E-state index contributed by atoms with van der Waals surface area (Å²) in [5, 5.41) is 3.65. The van der Waals surface area contributed by atoms with Crippen LogP contribution in [0.15, 0.2) is 23.0 Å². The van der Waals surface area contributed by atoms with Gasteiger partial charge in [-0.1, -0.05) is 13.8 Å². The number of H-pyrrole nitrogens is 2. The van der Waals surface area contributed by atoms with Crippen LogP contribution in [0.2, 0.25) is 0 Å². The molecular formula is C16H21N3O2. The average molecular weight is 287 g/mol. The Morgan fingerprint density at radius 3 is 2.95 bits per heavy atom. The van der Waals surface area contributed by atoms with Gasteiger partial charge in [0.1, 0.15) is 0 Å². The molecule has 1 aliphatic heterocycles. The number of imidazole rings is 1. The number of ether oxygens (including phenoxy) is 1. The van der Waals surface area contributed by atoms with Crippen molar-refractivity contribution in [2.75, 3.05) is 11.9 Å². The maximum Gasteiger partial charge on any atom is 0.323 e. The Kier molecular flexibility index (Phi) is 2.70. The summed E-state index contributed by atoms with van der Waals surface area (Å²) in [6.07, 6.45) is 2.76. The van der Waals surface area contributed by atoms with Crippen LogP contribution in [0.4, 0.5) is 5.69 Å². The Hall–Kier alpha value is -1.75. The fourth-order valence-electron chi connectivity index (χ4n) is 4.12. The minimum Gasteiger partial charge on any atom is -0.381 e. The van der Waals surface area contributed by atoms with E-state index in [1.807, 2.05) is 18.2 Å². The second kappa shape index (κ2) is 4.37. The summed E-state index contributed by atoms with van der Waals surface area (Å²) in [6, 6.07) is 6.39. The number of aromatic amines is 2. The van der Waals surface area contributed by atoms with E-state index in [0.717, 1.165) is 29.7 Å². The lowest BCUT2D eigenvalue weighted by Gasteiger charge is -2.60. The van der Waals surface area contributed by atoms with Crippen molar-refractivity contribution in [1.29, 1.82) is 0 Å². The highest BCUT2D eigenvalue weighted by molar-refractivity contribution is 5.78. The van der Waals surface area contributed by atoms with Crippen LogP contribution < -0.4 is 11.0 Å². The maximum absolute atomic E-state index is 11.3. The van der Waals surface area contributed by atoms with E-state index in [1.54, 1.807) is 0 Å². The lowest BCUT2D eigenvalue weighted by molar-refractivity contribution is -0.177. The maximum atomic E-state index is 11.3. The van der Waals surface area contributed by atoms with Crippen LogP contribution in [0.5, 0.6) is 0 Å². The largest absolute Gasteiger partial charge is 0.381 e. The Morgan fingerprint density at radius 2 is 2.10 bits per heavy atom. The monoisotopic (exact) mass is 287 g/mol. The second-order valence-corrected chi connectivity index (χ2v) is 6.88. The van der Waals surface area contributed by atoms with Crippen molar-refractivity contribution in [2.24, 2.45) is 11.3 Å². The number of fused-ring (bicyclic) bond motifs is 2. The molecule has 5 heteroatoms. The SMILES string of the molecule is CC1(C)C(Nc2ccc3[nH]c(=O)[nH]c3c2)C2CCCOC21. The van der Waals surface area contributed by atoms with Gasteiger partial charge in [0.15, 0.2) is 0 Å². The van der Waals surface area contributed by atoms with Crippen molar-refractivity contribution in [1.82, 2.24) is 9.97 Å². The number of hydrogen-bond acceptors (Lipinski definition) is 3. The minimum absolute atomic E-state index is 0.144. The molecule has 21 heavy (non-hydrogen) atoms. The quantitative estimate of drug-likeness (QED) is 0.794. The topological polar surface area (TPSA) is 69.9 Å². The molecule has 5 nitrogen and oxygen atoms in total. The first kappa shape index (κ1) is 13.0. The Labute approximate surface area is 123 Å². The predicted octanol–water partition coefficient (Wildman–Crippen LogP) is 2.47. The summed E-state index contributed by atoms with van der Waals surface area (Å²) in [4.78, 5) is 16.9. The van der Waals surface area contributed by atoms with Gasteiger partial charge >= 0.3 is 5.69 Å². The molecule has 0 amide bonds. The first-order valence-corrected chi connectivity index (χ1v) is 7.66. The van der Waals surface area contributed by atoms with Gasteiger partial charge in [0.25, 0.3) is 0 Å². The number of aromatic nitrogens is 2. The Balaban J connectivity index is 1.60. The summed E-state index contributed by atoms with van der Waals surface area (Å²) in [7, 11) is 0. The Morgan fingerprint density at radius 1 is 1.29 bits per heavy atom. The first-order valence-electron chi connectivity index (χ1n) is 7.66. The zero-order valence-corrected chi connectivity index (χ0v) is 12.4. The molecule has 1 aromatic carbocycles. The average Bonchev–Trinajstić information content (AvgIpc) is 2.84. The minimum atomic E-state index is -0.160. The highest BCUT2D eigenvalue weighted by Crippen LogP contribution is 2.52. The lowest BCUT2D eigenvalue weighted by Crippen LogP contribution is -2.67. The summed E-state index contributed by atoms with van der Waals surface area (Å²) in [5.41, 5.74) is 2.73. The lowest BCUT2D eigenvalue weighted by atomic mass is 9.55. The Bertz CT molecular complexity index is 730. The molecule has 0 spiro atoms. The summed E-state index contributed by atoms with van der Waals surface area (Å²) in [5.74, 6) is 0.592. The van der Waals surface area contributed by atoms with E-state index < -0.39 is 0 Å². The normalized spacial score (nSPS) is 30.7. The molecule has 1 aliphatic carbocycles. The highest BCUT2D eigenvalue weighted by Gasteiger charge is 2.57. The van der Waals surface area contributed by atoms with Crippen LogP contribution in [0.3, 0.4) is 0 Å². The van der Waals surface area contributed by atoms with Crippen molar-refractivity contribution >= 4 is 16.7 Å². The fraction of sp³-hybridized carbons (Fsp3) is 0.562. The molecule has 0 bridgehead atoms. The number of rotatable bonds is 2. The number of anilines is 1. The number of nitrogens with one attached hydrogen (secondary N) is 3. The predicted molar refractivity (Wildman–Crippen MR) is 82.6 cm³/mol. The zero-order chi connectivity index (χ0) is 14.6. The molecule has 2 heterocycles. The smallest absolute Gasteiger partial charge is 0.323 e. The molecule has 0 radical (unpaired) electrons. The van der Waals surface area contributed by atoms with E-state index in [0.29, 0.717) is 18.1 Å². The molecule has 112 valence electrons. The molecule has 2 aromatic rings. The van der Waals surface area contributed by atoms with E-state index in [4.69, 9.17) is 4.74 Å². The fourth-order valence-corrected chi connectivity index (χ4v) is 4.12. The van der Waals surface area contributed by atoms with Crippen molar-refractivity contribution in [3.63, 3.8) is 0 Å². The summed E-state index contributed by atoms with van der Waals surface area (Å²) < 4.78 is 5.94. The molecule has 3 unspecified atom stereocenters. The van der Waals surface area contributed by atoms with Gasteiger partial charge in [-0.2, -0.15) is 0 Å². The van der Waals surface area contributed by atoms with Gasteiger partial charge in [0, 0.05) is 29.7 Å². The van der Waals surface area contributed by atoms with Gasteiger partial charge in [-0.25, -0.2) is 4.79 Å². The van der Waals surface area contributed by atoms with E-state index in [-0.39, 0.29) is 11.1 Å². The van der Waals surface area contributed by atoms with E-state index >= 15 is 0 Å². The molecule has 2 aliphatic rings. The van der Waals surface area contributed by atoms with Crippen LogP contribution in [0.1, 0.15) is 26.7 Å². The highest BCUT2D eigenvalue weighted by atomic mass is 16.5. The molecule has 4 rings (SSSR count). The van der Waals surface area contributed by atoms with Crippen molar-refractivity contribution < 1.29 is 4.74 Å². The van der Waals surface area contributed by atoms with Crippen LogP contribution in [-0.2, 0) is 4.74 Å². The van der Waals surface area contributed by atoms with Gasteiger partial charge in [-0.15, -0.1) is 0 Å². The van der Waals surface area contributed by atoms with Gasteiger partial charge < -0.3 is 20.0 Å². The third kappa shape index (κ3) is 1.91. The van der Waals surface area contributed by atoms with Gasteiger partial charge in [0.05, 0.1) is 17.1 Å².